The van der Waals surface area contributed by atoms with Gasteiger partial charge in [0.05, 0.1) is 0 Å². The number of carbonyl (C=O) groups excluding carboxylic acids is 1. The van der Waals surface area contributed by atoms with Gasteiger partial charge in [-0.2, -0.15) is 0 Å². The Bertz CT molecular complexity index is 710. The number of hydrogen-bond acceptors (Lipinski definition) is 2. The van der Waals surface area contributed by atoms with Crippen LogP contribution in [0.15, 0.2) is 60.7 Å². The van der Waals surface area contributed by atoms with Crippen LogP contribution >= 0.6 is 0 Å². The molecule has 0 saturated carbocycles. The fourth-order valence-corrected chi connectivity index (χ4v) is 2.71. The Balaban J connectivity index is 2.07. The Hall–Kier alpha value is -2.46. The molecule has 2 aromatic carbocycles. The highest BCUT2D eigenvalue weighted by Crippen LogP contribution is 2.33. The van der Waals surface area contributed by atoms with Crippen molar-refractivity contribution in [2.45, 2.75) is 12.0 Å². The monoisotopic (exact) mass is 297 g/mol. The van der Waals surface area contributed by atoms with Crippen LogP contribution in [-0.2, 0) is 4.79 Å². The first-order valence-corrected chi connectivity index (χ1v) is 7.06. The highest BCUT2D eigenvalue weighted by atomic mass is 19.1. The van der Waals surface area contributed by atoms with Crippen molar-refractivity contribution >= 4 is 11.6 Å². The van der Waals surface area contributed by atoms with Crippen molar-refractivity contribution in [3.05, 3.63) is 77.6 Å². The molecular formula is C18H16FNO2. The number of halogens is 1. The molecule has 0 saturated heterocycles. The van der Waals surface area contributed by atoms with E-state index in [1.54, 1.807) is 19.2 Å². The van der Waals surface area contributed by atoms with Gasteiger partial charge in [-0.15, -0.1) is 0 Å². The van der Waals surface area contributed by atoms with E-state index < -0.39 is 12.0 Å². The van der Waals surface area contributed by atoms with E-state index in [9.17, 15) is 14.3 Å². The summed E-state index contributed by atoms with van der Waals surface area (Å²) in [6.45, 7) is 0. The van der Waals surface area contributed by atoms with Gasteiger partial charge in [-0.25, -0.2) is 4.39 Å². The van der Waals surface area contributed by atoms with Crippen molar-refractivity contribution in [3.8, 4) is 0 Å². The van der Waals surface area contributed by atoms with Crippen LogP contribution in [0.5, 0.6) is 0 Å². The van der Waals surface area contributed by atoms with E-state index >= 15 is 0 Å². The van der Waals surface area contributed by atoms with Crippen LogP contribution in [0.4, 0.5) is 4.39 Å². The van der Waals surface area contributed by atoms with E-state index in [4.69, 9.17) is 0 Å². The summed E-state index contributed by atoms with van der Waals surface area (Å²) in [7, 11) is 1.61. The molecule has 0 aliphatic carbocycles. The van der Waals surface area contributed by atoms with Crippen molar-refractivity contribution in [1.82, 2.24) is 4.90 Å². The molecule has 3 rings (SSSR count). The summed E-state index contributed by atoms with van der Waals surface area (Å²) in [5, 5.41) is 10.3. The third-order valence-electron chi connectivity index (χ3n) is 3.95. The molecule has 4 heteroatoms. The Morgan fingerprint density at radius 2 is 1.68 bits per heavy atom. The SMILES string of the molecule is CN1C(=O)[C@@H](O)[C@H](c2ccccc2)C=C1c1ccc(F)cc1. The van der Waals surface area contributed by atoms with Gasteiger partial charge in [0.1, 0.15) is 11.9 Å². The second-order valence-electron chi connectivity index (χ2n) is 5.34. The quantitative estimate of drug-likeness (QED) is 0.926. The molecule has 0 bridgehead atoms. The van der Waals surface area contributed by atoms with Crippen LogP contribution in [-0.4, -0.2) is 29.1 Å². The van der Waals surface area contributed by atoms with Gasteiger partial charge < -0.3 is 10.0 Å². The van der Waals surface area contributed by atoms with E-state index in [0.717, 1.165) is 11.1 Å². The lowest BCUT2D eigenvalue weighted by molar-refractivity contribution is -0.137. The minimum Gasteiger partial charge on any atom is -0.382 e. The van der Waals surface area contributed by atoms with Gasteiger partial charge in [0.25, 0.3) is 5.91 Å². The molecule has 2 atom stereocenters. The van der Waals surface area contributed by atoms with Crippen molar-refractivity contribution in [2.24, 2.45) is 0 Å². The molecule has 112 valence electrons. The molecule has 1 aliphatic rings. The smallest absolute Gasteiger partial charge is 0.256 e. The van der Waals surface area contributed by atoms with Gasteiger partial charge >= 0.3 is 0 Å². The highest BCUT2D eigenvalue weighted by molar-refractivity contribution is 5.93. The van der Waals surface area contributed by atoms with E-state index in [0.29, 0.717) is 5.70 Å². The molecule has 0 spiro atoms. The van der Waals surface area contributed by atoms with Crippen molar-refractivity contribution in [2.75, 3.05) is 7.05 Å². The lowest BCUT2D eigenvalue weighted by Gasteiger charge is -2.33. The molecule has 3 nitrogen and oxygen atoms in total. The standard InChI is InChI=1S/C18H16FNO2/c1-20-16(13-7-9-14(19)10-8-13)11-15(17(21)18(20)22)12-5-3-2-4-6-12/h2-11,15,17,21H,1H3/t15-,17-/m0/s1. The molecule has 22 heavy (non-hydrogen) atoms. The number of carbonyl (C=O) groups is 1. The van der Waals surface area contributed by atoms with Crippen molar-refractivity contribution in [3.63, 3.8) is 0 Å². The maximum Gasteiger partial charge on any atom is 0.256 e. The van der Waals surface area contributed by atoms with Gasteiger partial charge in [0, 0.05) is 18.7 Å². The maximum absolute atomic E-state index is 13.1. The minimum absolute atomic E-state index is 0.325. The van der Waals surface area contributed by atoms with Crippen LogP contribution in [0.1, 0.15) is 17.0 Å². The summed E-state index contributed by atoms with van der Waals surface area (Å²) in [6.07, 6.45) is 0.742. The van der Waals surface area contributed by atoms with E-state index in [1.165, 1.54) is 17.0 Å². The van der Waals surface area contributed by atoms with Crippen LogP contribution < -0.4 is 0 Å². The third kappa shape index (κ3) is 2.53. The Morgan fingerprint density at radius 3 is 2.32 bits per heavy atom. The number of nitrogens with zero attached hydrogens (tertiary/aromatic N) is 1. The highest BCUT2D eigenvalue weighted by Gasteiger charge is 2.35. The van der Waals surface area contributed by atoms with Crippen LogP contribution in [0.3, 0.4) is 0 Å². The van der Waals surface area contributed by atoms with Gasteiger partial charge in [-0.05, 0) is 41.5 Å². The molecule has 1 heterocycles. The van der Waals surface area contributed by atoms with E-state index in [1.807, 2.05) is 36.4 Å². The van der Waals surface area contributed by atoms with Crippen LogP contribution in [0.25, 0.3) is 5.70 Å². The Morgan fingerprint density at radius 1 is 1.05 bits per heavy atom. The summed E-state index contributed by atoms with van der Waals surface area (Å²) >= 11 is 0. The predicted octanol–water partition coefficient (Wildman–Crippen LogP) is 2.78. The number of aliphatic hydroxyl groups excluding tert-OH is 1. The maximum atomic E-state index is 13.1. The zero-order chi connectivity index (χ0) is 15.7. The molecule has 0 unspecified atom stereocenters. The van der Waals surface area contributed by atoms with Crippen molar-refractivity contribution in [1.29, 1.82) is 0 Å². The van der Waals surface area contributed by atoms with Gasteiger partial charge in [-0.1, -0.05) is 30.3 Å². The average Bonchev–Trinajstić information content (AvgIpc) is 2.55. The third-order valence-corrected chi connectivity index (χ3v) is 3.95. The molecule has 0 radical (unpaired) electrons. The normalized spacial score (nSPS) is 21.7. The van der Waals surface area contributed by atoms with E-state index in [2.05, 4.69) is 0 Å². The lowest BCUT2D eigenvalue weighted by Crippen LogP contribution is -2.42. The summed E-state index contributed by atoms with van der Waals surface area (Å²) in [6, 6.07) is 15.4. The van der Waals surface area contributed by atoms with Crippen LogP contribution in [0.2, 0.25) is 0 Å². The summed E-state index contributed by atoms with van der Waals surface area (Å²) in [5.41, 5.74) is 2.28. The van der Waals surface area contributed by atoms with Gasteiger partial charge in [-0.3, -0.25) is 4.79 Å². The van der Waals surface area contributed by atoms with Crippen molar-refractivity contribution < 1.29 is 14.3 Å². The van der Waals surface area contributed by atoms with Gasteiger partial charge in [0.15, 0.2) is 0 Å². The molecule has 1 amide bonds. The minimum atomic E-state index is -1.11. The number of likely N-dealkylation sites (N-methyl/N-ethyl adjacent to an activating group) is 1. The number of benzene rings is 2. The number of hydrogen-bond donors (Lipinski definition) is 1. The molecule has 1 N–H and O–H groups in total. The lowest BCUT2D eigenvalue weighted by atomic mass is 9.87. The topological polar surface area (TPSA) is 40.5 Å². The first kappa shape index (κ1) is 14.5. The fraction of sp³-hybridized carbons (Fsp3) is 0.167. The summed E-state index contributed by atoms with van der Waals surface area (Å²) < 4.78 is 13.1. The predicted molar refractivity (Wildman–Crippen MR) is 82.3 cm³/mol. The summed E-state index contributed by atoms with van der Waals surface area (Å²) in [4.78, 5) is 13.7. The second-order valence-corrected chi connectivity index (χ2v) is 5.34. The van der Waals surface area contributed by atoms with Gasteiger partial charge in [0.2, 0.25) is 0 Å². The first-order valence-electron chi connectivity index (χ1n) is 7.06. The number of rotatable bonds is 2. The average molecular weight is 297 g/mol. The Kier molecular flexibility index (Phi) is 3.77. The zero-order valence-electron chi connectivity index (χ0n) is 12.1. The molecule has 2 aromatic rings. The number of amides is 1. The first-order chi connectivity index (χ1) is 10.6. The fourth-order valence-electron chi connectivity index (χ4n) is 2.71. The molecule has 0 fully saturated rings. The summed E-state index contributed by atoms with van der Waals surface area (Å²) in [5.74, 6) is -1.10. The molecular weight excluding hydrogens is 281 g/mol. The zero-order valence-corrected chi connectivity index (χ0v) is 12.1. The Labute approximate surface area is 128 Å². The second kappa shape index (κ2) is 5.73. The largest absolute Gasteiger partial charge is 0.382 e. The van der Waals surface area contributed by atoms with E-state index in [-0.39, 0.29) is 11.7 Å². The van der Waals surface area contributed by atoms with Crippen LogP contribution in [0, 0.1) is 5.82 Å². The molecule has 0 aromatic heterocycles. The molecule has 1 aliphatic heterocycles. The number of aliphatic hydroxyl groups is 1.